The number of piperidine rings is 1. The number of anilines is 1. The number of benzene rings is 2. The van der Waals surface area contributed by atoms with Crippen LogP contribution in [0.2, 0.25) is 0 Å². The minimum Gasteiger partial charge on any atom is -0.368 e. The quantitative estimate of drug-likeness (QED) is 0.309. The summed E-state index contributed by atoms with van der Waals surface area (Å²) >= 11 is 0. The summed E-state index contributed by atoms with van der Waals surface area (Å²) in [5.41, 5.74) is 7.55. The van der Waals surface area contributed by atoms with Crippen LogP contribution in [-0.2, 0) is 11.3 Å². The predicted molar refractivity (Wildman–Crippen MR) is 130 cm³/mol. The molecular formula is C22H28IN5O2. The number of aliphatic imine (C=N–C) groups is 1. The Morgan fingerprint density at radius 2 is 1.63 bits per heavy atom. The third-order valence-electron chi connectivity index (χ3n) is 4.74. The molecule has 1 saturated heterocycles. The minimum atomic E-state index is -0.569. The molecule has 2 aromatic rings. The van der Waals surface area contributed by atoms with E-state index >= 15 is 0 Å². The third kappa shape index (κ3) is 7.33. The fraction of sp³-hybridized carbons (Fsp3) is 0.318. The van der Waals surface area contributed by atoms with Crippen molar-refractivity contribution in [2.75, 3.05) is 25.0 Å². The van der Waals surface area contributed by atoms with E-state index in [0.29, 0.717) is 12.1 Å². The van der Waals surface area contributed by atoms with Crippen LogP contribution in [0.1, 0.15) is 35.2 Å². The Hall–Kier alpha value is -2.62. The van der Waals surface area contributed by atoms with Gasteiger partial charge in [0.1, 0.15) is 0 Å². The summed E-state index contributed by atoms with van der Waals surface area (Å²) < 4.78 is 0. The first-order chi connectivity index (χ1) is 14.1. The van der Waals surface area contributed by atoms with Crippen LogP contribution in [0.3, 0.4) is 0 Å². The number of carbonyl (C=O) groups is 2. The number of carbonyl (C=O) groups excluding carboxylic acids is 2. The van der Waals surface area contributed by atoms with Crippen molar-refractivity contribution in [2.45, 2.75) is 25.8 Å². The van der Waals surface area contributed by atoms with Crippen LogP contribution in [0, 0.1) is 0 Å². The van der Waals surface area contributed by atoms with Gasteiger partial charge in [0.25, 0.3) is 5.91 Å². The van der Waals surface area contributed by atoms with E-state index in [1.54, 1.807) is 12.1 Å². The van der Waals surface area contributed by atoms with Gasteiger partial charge in [-0.25, -0.2) is 4.99 Å². The van der Waals surface area contributed by atoms with Crippen LogP contribution in [0.25, 0.3) is 0 Å². The molecule has 160 valence electrons. The van der Waals surface area contributed by atoms with Gasteiger partial charge in [-0.1, -0.05) is 30.3 Å². The van der Waals surface area contributed by atoms with E-state index in [4.69, 9.17) is 10.7 Å². The maximum absolute atomic E-state index is 12.0. The van der Waals surface area contributed by atoms with Gasteiger partial charge in [0, 0.05) is 24.3 Å². The molecule has 0 bridgehead atoms. The van der Waals surface area contributed by atoms with Crippen molar-refractivity contribution in [3.63, 3.8) is 0 Å². The molecule has 1 heterocycles. The Kier molecular flexibility index (Phi) is 9.59. The first kappa shape index (κ1) is 23.7. The van der Waals surface area contributed by atoms with E-state index in [1.165, 1.54) is 19.3 Å². The van der Waals surface area contributed by atoms with E-state index in [1.807, 2.05) is 42.5 Å². The highest BCUT2D eigenvalue weighted by atomic mass is 127. The second-order valence-electron chi connectivity index (χ2n) is 7.02. The van der Waals surface area contributed by atoms with Crippen molar-refractivity contribution in [1.29, 1.82) is 0 Å². The summed E-state index contributed by atoms with van der Waals surface area (Å²) in [6.45, 7) is 2.33. The van der Waals surface area contributed by atoms with Crippen molar-refractivity contribution in [2.24, 2.45) is 10.7 Å². The lowest BCUT2D eigenvalue weighted by Crippen LogP contribution is -2.40. The molecule has 3 rings (SSSR count). The van der Waals surface area contributed by atoms with E-state index in [9.17, 15) is 9.59 Å². The lowest BCUT2D eigenvalue weighted by molar-refractivity contribution is -0.117. The molecule has 4 N–H and O–H groups in total. The van der Waals surface area contributed by atoms with Gasteiger partial charge < -0.3 is 21.3 Å². The van der Waals surface area contributed by atoms with Crippen molar-refractivity contribution < 1.29 is 9.59 Å². The zero-order chi connectivity index (χ0) is 20.5. The van der Waals surface area contributed by atoms with Gasteiger partial charge in [-0.2, -0.15) is 0 Å². The normalized spacial score (nSPS) is 13.9. The molecule has 0 aromatic heterocycles. The number of para-hydroxylation sites is 1. The number of amides is 2. The highest BCUT2D eigenvalue weighted by Crippen LogP contribution is 2.14. The zero-order valence-electron chi connectivity index (χ0n) is 16.8. The summed E-state index contributed by atoms with van der Waals surface area (Å²) in [6.07, 6.45) is 3.60. The van der Waals surface area contributed by atoms with Crippen LogP contribution < -0.4 is 16.4 Å². The fourth-order valence-electron chi connectivity index (χ4n) is 3.17. The maximum atomic E-state index is 12.0. The third-order valence-corrected chi connectivity index (χ3v) is 4.74. The lowest BCUT2D eigenvalue weighted by atomic mass is 10.1. The van der Waals surface area contributed by atoms with Gasteiger partial charge in [0.15, 0.2) is 5.96 Å². The minimum absolute atomic E-state index is 0. The van der Waals surface area contributed by atoms with E-state index in [2.05, 4.69) is 15.5 Å². The van der Waals surface area contributed by atoms with Gasteiger partial charge in [-0.3, -0.25) is 9.59 Å². The lowest BCUT2D eigenvalue weighted by Gasteiger charge is -2.30. The molecule has 0 atom stereocenters. The molecule has 0 radical (unpaired) electrons. The van der Waals surface area contributed by atoms with Gasteiger partial charge in [-0.05, 0) is 49.1 Å². The van der Waals surface area contributed by atoms with E-state index < -0.39 is 5.91 Å². The number of nitrogens with zero attached hydrogens (tertiary/aromatic N) is 2. The van der Waals surface area contributed by atoms with Gasteiger partial charge in [0.05, 0.1) is 13.1 Å². The van der Waals surface area contributed by atoms with Crippen molar-refractivity contribution in [3.8, 4) is 0 Å². The van der Waals surface area contributed by atoms with Crippen LogP contribution >= 0.6 is 24.0 Å². The average molecular weight is 521 g/mol. The Labute approximate surface area is 194 Å². The predicted octanol–water partition coefficient (Wildman–Crippen LogP) is 2.97. The van der Waals surface area contributed by atoms with E-state index in [0.717, 1.165) is 30.3 Å². The van der Waals surface area contributed by atoms with Crippen molar-refractivity contribution >= 4 is 47.4 Å². The molecule has 2 amide bonds. The highest BCUT2D eigenvalue weighted by Gasteiger charge is 2.15. The van der Waals surface area contributed by atoms with Crippen LogP contribution in [-0.4, -0.2) is 42.3 Å². The number of likely N-dealkylation sites (tertiary alicyclic amines) is 1. The smallest absolute Gasteiger partial charge is 0.251 e. The Balaban J connectivity index is 0.00000320. The topological polar surface area (TPSA) is 99.8 Å². The number of hydrogen-bond acceptors (Lipinski definition) is 3. The molecule has 0 spiro atoms. The van der Waals surface area contributed by atoms with Gasteiger partial charge in [0.2, 0.25) is 5.91 Å². The monoisotopic (exact) mass is 521 g/mol. The molecule has 0 unspecified atom stereocenters. The second kappa shape index (κ2) is 12.2. The zero-order valence-corrected chi connectivity index (χ0v) is 19.2. The Bertz CT molecular complexity index is 850. The number of primary amides is 1. The van der Waals surface area contributed by atoms with Crippen LogP contribution in [0.5, 0.6) is 0 Å². The van der Waals surface area contributed by atoms with Crippen LogP contribution in [0.15, 0.2) is 59.6 Å². The van der Waals surface area contributed by atoms with Crippen LogP contribution in [0.4, 0.5) is 5.69 Å². The highest BCUT2D eigenvalue weighted by molar-refractivity contribution is 14.0. The molecule has 30 heavy (non-hydrogen) atoms. The summed E-state index contributed by atoms with van der Waals surface area (Å²) in [5.74, 6) is -0.0155. The molecule has 0 aliphatic carbocycles. The molecule has 0 saturated carbocycles. The van der Waals surface area contributed by atoms with Crippen molar-refractivity contribution in [3.05, 3.63) is 65.7 Å². The average Bonchev–Trinajstić information content (AvgIpc) is 2.76. The number of guanidine groups is 1. The molecule has 1 aliphatic rings. The number of nitrogens with one attached hydrogen (secondary N) is 2. The molecule has 8 heteroatoms. The summed E-state index contributed by atoms with van der Waals surface area (Å²) in [4.78, 5) is 29.9. The molecule has 2 aromatic carbocycles. The summed E-state index contributed by atoms with van der Waals surface area (Å²) in [7, 11) is 0. The van der Waals surface area contributed by atoms with Gasteiger partial charge in [-0.15, -0.1) is 24.0 Å². The summed E-state index contributed by atoms with van der Waals surface area (Å²) in [5, 5.41) is 5.92. The Morgan fingerprint density at radius 3 is 2.27 bits per heavy atom. The van der Waals surface area contributed by atoms with Gasteiger partial charge >= 0.3 is 0 Å². The van der Waals surface area contributed by atoms with E-state index in [-0.39, 0.29) is 36.4 Å². The SMILES string of the molecule is I.NC(=O)CNC(=O)c1ccc(CN=C(Nc2ccccc2)N2CCCCC2)cc1. The first-order valence-electron chi connectivity index (χ1n) is 9.89. The van der Waals surface area contributed by atoms with Crippen molar-refractivity contribution in [1.82, 2.24) is 10.2 Å². The standard InChI is InChI=1S/C22H27N5O2.HI/c23-20(28)16-24-21(29)18-11-9-17(10-12-18)15-25-22(27-13-5-2-6-14-27)26-19-7-3-1-4-8-19;/h1,3-4,7-12H,2,5-6,13-16H2,(H2,23,28)(H,24,29)(H,25,26);1H. The fourth-order valence-corrected chi connectivity index (χ4v) is 3.17. The largest absolute Gasteiger partial charge is 0.368 e. The first-order valence-corrected chi connectivity index (χ1v) is 9.89. The maximum Gasteiger partial charge on any atom is 0.251 e. The number of nitrogens with two attached hydrogens (primary N) is 1. The summed E-state index contributed by atoms with van der Waals surface area (Å²) in [6, 6.07) is 17.2. The number of hydrogen-bond donors (Lipinski definition) is 3. The second-order valence-corrected chi connectivity index (χ2v) is 7.02. The molecule has 1 fully saturated rings. The number of rotatable bonds is 6. The molecular weight excluding hydrogens is 493 g/mol. The molecule has 1 aliphatic heterocycles. The number of halogens is 1. The Morgan fingerprint density at radius 1 is 0.967 bits per heavy atom. The molecule has 7 nitrogen and oxygen atoms in total.